The van der Waals surface area contributed by atoms with Crippen LogP contribution in [-0.4, -0.2) is 25.0 Å². The number of hydrogen-bond donors (Lipinski definition) is 2. The molecule has 170 valence electrons. The van der Waals surface area contributed by atoms with Gasteiger partial charge in [0.25, 0.3) is 5.91 Å². The van der Waals surface area contributed by atoms with E-state index in [0.29, 0.717) is 11.3 Å². The van der Waals surface area contributed by atoms with Crippen molar-refractivity contribution in [2.24, 2.45) is 0 Å². The summed E-state index contributed by atoms with van der Waals surface area (Å²) in [6, 6.07) is 36.1. The fourth-order valence-electron chi connectivity index (χ4n) is 4.51. The molecule has 0 bridgehead atoms. The Morgan fingerprint density at radius 2 is 1.35 bits per heavy atom. The second-order valence-electron chi connectivity index (χ2n) is 8.61. The number of piperidine rings is 1. The van der Waals surface area contributed by atoms with Crippen molar-refractivity contribution >= 4 is 5.91 Å². The zero-order valence-corrected chi connectivity index (χ0v) is 19.0. The number of rotatable bonds is 6. The van der Waals surface area contributed by atoms with Crippen molar-refractivity contribution in [3.63, 3.8) is 0 Å². The van der Waals surface area contributed by atoms with Crippen molar-refractivity contribution in [1.82, 2.24) is 10.6 Å². The molecule has 34 heavy (non-hydrogen) atoms. The summed E-state index contributed by atoms with van der Waals surface area (Å²) in [6.45, 7) is 1.70. The number of benzene rings is 4. The first-order chi connectivity index (χ1) is 16.8. The maximum Gasteiger partial charge on any atom is 0.251 e. The molecule has 1 fully saturated rings. The molecule has 4 aromatic rings. The van der Waals surface area contributed by atoms with Crippen molar-refractivity contribution in [2.45, 2.75) is 18.4 Å². The fraction of sp³-hybridized carbons (Fsp3) is 0.167. The molecular weight excluding hydrogens is 420 g/mol. The average molecular weight is 449 g/mol. The van der Waals surface area contributed by atoms with E-state index in [2.05, 4.69) is 59.2 Å². The predicted molar refractivity (Wildman–Crippen MR) is 136 cm³/mol. The van der Waals surface area contributed by atoms with E-state index < -0.39 is 0 Å². The highest BCUT2D eigenvalue weighted by atomic mass is 16.5. The van der Waals surface area contributed by atoms with Crippen LogP contribution < -0.4 is 15.4 Å². The van der Waals surface area contributed by atoms with Crippen molar-refractivity contribution < 1.29 is 9.53 Å². The Balaban J connectivity index is 1.26. The Morgan fingerprint density at radius 3 is 2.06 bits per heavy atom. The summed E-state index contributed by atoms with van der Waals surface area (Å²) >= 11 is 0. The molecule has 2 atom stereocenters. The van der Waals surface area contributed by atoms with Gasteiger partial charge >= 0.3 is 0 Å². The van der Waals surface area contributed by atoms with E-state index >= 15 is 0 Å². The molecule has 1 amide bonds. The highest BCUT2D eigenvalue weighted by Crippen LogP contribution is 2.29. The van der Waals surface area contributed by atoms with Crippen LogP contribution in [0, 0.1) is 0 Å². The minimum Gasteiger partial charge on any atom is -0.457 e. The quantitative estimate of drug-likeness (QED) is 0.379. The van der Waals surface area contributed by atoms with Crippen LogP contribution >= 0.6 is 0 Å². The van der Waals surface area contributed by atoms with Gasteiger partial charge in [-0.3, -0.25) is 4.79 Å². The molecule has 5 rings (SSSR count). The molecule has 0 radical (unpaired) electrons. The lowest BCUT2D eigenvalue weighted by atomic mass is 9.85. The highest BCUT2D eigenvalue weighted by molar-refractivity contribution is 5.94. The normalized spacial score (nSPS) is 17.6. The third-order valence-electron chi connectivity index (χ3n) is 6.34. The molecule has 0 aromatic heterocycles. The number of nitrogens with one attached hydrogen (secondary N) is 2. The van der Waals surface area contributed by atoms with Gasteiger partial charge in [-0.1, -0.05) is 72.8 Å². The van der Waals surface area contributed by atoms with Crippen molar-refractivity contribution in [2.75, 3.05) is 13.1 Å². The van der Waals surface area contributed by atoms with Gasteiger partial charge in [0.2, 0.25) is 0 Å². The molecule has 1 aliphatic heterocycles. The maximum atomic E-state index is 13.0. The number of para-hydroxylation sites is 1. The van der Waals surface area contributed by atoms with Crippen LogP contribution in [0.4, 0.5) is 0 Å². The third kappa shape index (κ3) is 5.19. The Kier molecular flexibility index (Phi) is 6.68. The summed E-state index contributed by atoms with van der Waals surface area (Å²) in [5.74, 6) is 1.69. The molecule has 0 aliphatic carbocycles. The first kappa shape index (κ1) is 21.9. The standard InChI is InChI=1S/C30H28N2O2/c33-30(25-15-17-27(18-16-25)34-26-9-5-2-6-10-26)32-29-21-31-20-19-28(29)24-13-11-23(12-14-24)22-7-3-1-4-8-22/h1-18,28-29,31H,19-21H2,(H,32,33)/t28-,29+/m1/s1. The summed E-state index contributed by atoms with van der Waals surface area (Å²) < 4.78 is 5.84. The molecule has 0 saturated carbocycles. The van der Waals surface area contributed by atoms with Crippen molar-refractivity contribution in [3.8, 4) is 22.6 Å². The van der Waals surface area contributed by atoms with Crippen LogP contribution in [0.15, 0.2) is 109 Å². The largest absolute Gasteiger partial charge is 0.457 e. The number of ether oxygens (including phenoxy) is 1. The maximum absolute atomic E-state index is 13.0. The average Bonchev–Trinajstić information content (AvgIpc) is 2.91. The second kappa shape index (κ2) is 10.4. The van der Waals surface area contributed by atoms with Crippen LogP contribution in [-0.2, 0) is 0 Å². The van der Waals surface area contributed by atoms with E-state index in [1.54, 1.807) is 0 Å². The molecule has 0 spiro atoms. The Bertz CT molecular complexity index is 1210. The van der Waals surface area contributed by atoms with Gasteiger partial charge in [-0.2, -0.15) is 0 Å². The molecule has 4 nitrogen and oxygen atoms in total. The molecule has 1 aliphatic rings. The van der Waals surface area contributed by atoms with Gasteiger partial charge in [-0.05, 0) is 66.1 Å². The van der Waals surface area contributed by atoms with Gasteiger partial charge in [0, 0.05) is 24.1 Å². The molecule has 4 heteroatoms. The Labute approximate surface area is 200 Å². The van der Waals surface area contributed by atoms with Crippen LogP contribution in [0.5, 0.6) is 11.5 Å². The SMILES string of the molecule is O=C(N[C@H]1CNCC[C@@H]1c1ccc(-c2ccccc2)cc1)c1ccc(Oc2ccccc2)cc1. The van der Waals surface area contributed by atoms with Crippen molar-refractivity contribution in [1.29, 1.82) is 0 Å². The minimum absolute atomic E-state index is 0.0315. The zero-order valence-electron chi connectivity index (χ0n) is 19.0. The van der Waals surface area contributed by atoms with Crippen LogP contribution in [0.25, 0.3) is 11.1 Å². The predicted octanol–water partition coefficient (Wildman–Crippen LogP) is 6.02. The molecule has 4 aromatic carbocycles. The highest BCUT2D eigenvalue weighted by Gasteiger charge is 2.28. The minimum atomic E-state index is -0.0640. The topological polar surface area (TPSA) is 50.4 Å². The van der Waals surface area contributed by atoms with Crippen molar-refractivity contribution in [3.05, 3.63) is 120 Å². The number of carbonyl (C=O) groups is 1. The van der Waals surface area contributed by atoms with E-state index in [-0.39, 0.29) is 17.9 Å². The molecule has 0 unspecified atom stereocenters. The van der Waals surface area contributed by atoms with Gasteiger partial charge in [0.1, 0.15) is 11.5 Å². The lowest BCUT2D eigenvalue weighted by Gasteiger charge is -2.33. The van der Waals surface area contributed by atoms with Gasteiger partial charge in [-0.25, -0.2) is 0 Å². The summed E-state index contributed by atoms with van der Waals surface area (Å²) in [7, 11) is 0. The van der Waals surface area contributed by atoms with E-state index in [9.17, 15) is 4.79 Å². The summed E-state index contributed by atoms with van der Waals surface area (Å²) in [5.41, 5.74) is 4.31. The van der Waals surface area contributed by atoms with E-state index in [4.69, 9.17) is 4.74 Å². The Morgan fingerprint density at radius 1 is 0.735 bits per heavy atom. The third-order valence-corrected chi connectivity index (χ3v) is 6.34. The van der Waals surface area contributed by atoms with Crippen LogP contribution in [0.2, 0.25) is 0 Å². The molecule has 1 heterocycles. The van der Waals surface area contributed by atoms with Gasteiger partial charge in [-0.15, -0.1) is 0 Å². The van der Waals surface area contributed by atoms with Gasteiger partial charge in [0.05, 0.1) is 0 Å². The smallest absolute Gasteiger partial charge is 0.251 e. The Hall–Kier alpha value is -3.89. The lowest BCUT2D eigenvalue weighted by molar-refractivity contribution is 0.0924. The molecule has 1 saturated heterocycles. The summed E-state index contributed by atoms with van der Waals surface area (Å²) in [5, 5.41) is 6.69. The van der Waals surface area contributed by atoms with E-state index in [0.717, 1.165) is 25.3 Å². The molecular formula is C30H28N2O2. The van der Waals surface area contributed by atoms with E-state index in [1.165, 1.54) is 16.7 Å². The zero-order chi connectivity index (χ0) is 23.2. The number of amides is 1. The first-order valence-corrected chi connectivity index (χ1v) is 11.8. The second-order valence-corrected chi connectivity index (χ2v) is 8.61. The lowest BCUT2D eigenvalue weighted by Crippen LogP contribution is -2.50. The number of carbonyl (C=O) groups excluding carboxylic acids is 1. The van der Waals surface area contributed by atoms with Crippen LogP contribution in [0.1, 0.15) is 28.3 Å². The van der Waals surface area contributed by atoms with Gasteiger partial charge < -0.3 is 15.4 Å². The summed E-state index contributed by atoms with van der Waals surface area (Å²) in [6.07, 6.45) is 0.986. The monoisotopic (exact) mass is 448 g/mol. The molecule has 2 N–H and O–H groups in total. The van der Waals surface area contributed by atoms with Gasteiger partial charge in [0.15, 0.2) is 0 Å². The number of hydrogen-bond acceptors (Lipinski definition) is 3. The summed E-state index contributed by atoms with van der Waals surface area (Å²) in [4.78, 5) is 13.0. The van der Waals surface area contributed by atoms with E-state index in [1.807, 2.05) is 60.7 Å². The fourth-order valence-corrected chi connectivity index (χ4v) is 4.51. The van der Waals surface area contributed by atoms with Crippen LogP contribution in [0.3, 0.4) is 0 Å². The first-order valence-electron chi connectivity index (χ1n) is 11.8.